The Balaban J connectivity index is 2.22. The van der Waals surface area contributed by atoms with Gasteiger partial charge < -0.3 is 15.3 Å². The zero-order valence-corrected chi connectivity index (χ0v) is 10.8. The molecule has 5 nitrogen and oxygen atoms in total. The van der Waals surface area contributed by atoms with Crippen LogP contribution in [0.25, 0.3) is 0 Å². The fourth-order valence-corrected chi connectivity index (χ4v) is 2.23. The molecule has 2 N–H and O–H groups in total. The Kier molecular flexibility index (Phi) is 3.87. The topological polar surface area (TPSA) is 69.6 Å². The van der Waals surface area contributed by atoms with Crippen molar-refractivity contribution >= 4 is 17.7 Å². The molecule has 0 spiro atoms. The van der Waals surface area contributed by atoms with Crippen LogP contribution < -0.4 is 5.32 Å². The summed E-state index contributed by atoms with van der Waals surface area (Å²) >= 11 is 0. The van der Waals surface area contributed by atoms with E-state index in [9.17, 15) is 18.4 Å². The zero-order chi connectivity index (χ0) is 14.9. The van der Waals surface area contributed by atoms with E-state index in [0.717, 1.165) is 18.9 Å². The largest absolute Gasteiger partial charge is 0.478 e. The number of benzene rings is 1. The van der Waals surface area contributed by atoms with Crippen molar-refractivity contribution in [2.75, 3.05) is 11.9 Å². The summed E-state index contributed by atoms with van der Waals surface area (Å²) in [4.78, 5) is 24.3. The van der Waals surface area contributed by atoms with Gasteiger partial charge in [0.05, 0.1) is 11.3 Å². The standard InChI is InChI=1S/C13H14F2N2O3/c1-7-3-2-4-17(7)13(20)16-11-5-8(12(18)19)9(14)6-10(11)15/h5-7H,2-4H2,1H3,(H,16,20)(H,18,19). The molecule has 2 amide bonds. The maximum atomic E-state index is 13.6. The Morgan fingerprint density at radius 2 is 2.05 bits per heavy atom. The molecule has 0 bridgehead atoms. The molecule has 20 heavy (non-hydrogen) atoms. The lowest BCUT2D eigenvalue weighted by atomic mass is 10.2. The maximum Gasteiger partial charge on any atom is 0.338 e. The number of carbonyl (C=O) groups is 2. The van der Waals surface area contributed by atoms with Crippen molar-refractivity contribution in [3.63, 3.8) is 0 Å². The minimum Gasteiger partial charge on any atom is -0.478 e. The van der Waals surface area contributed by atoms with E-state index in [2.05, 4.69) is 5.32 Å². The van der Waals surface area contributed by atoms with Crippen molar-refractivity contribution < 1.29 is 23.5 Å². The molecule has 1 aromatic rings. The van der Waals surface area contributed by atoms with Crippen molar-refractivity contribution in [3.8, 4) is 0 Å². The first-order valence-corrected chi connectivity index (χ1v) is 6.20. The van der Waals surface area contributed by atoms with Gasteiger partial charge in [0.2, 0.25) is 0 Å². The van der Waals surface area contributed by atoms with Crippen LogP contribution in [0.4, 0.5) is 19.3 Å². The van der Waals surface area contributed by atoms with Crippen LogP contribution in [0.1, 0.15) is 30.1 Å². The van der Waals surface area contributed by atoms with E-state index in [1.54, 1.807) is 0 Å². The van der Waals surface area contributed by atoms with E-state index < -0.39 is 29.2 Å². The van der Waals surface area contributed by atoms with Gasteiger partial charge in [0, 0.05) is 18.7 Å². The number of carbonyl (C=O) groups excluding carboxylic acids is 1. The van der Waals surface area contributed by atoms with Gasteiger partial charge >= 0.3 is 12.0 Å². The maximum absolute atomic E-state index is 13.6. The first kappa shape index (κ1) is 14.2. The number of rotatable bonds is 2. The molecule has 1 fully saturated rings. The first-order valence-electron chi connectivity index (χ1n) is 6.20. The number of urea groups is 1. The summed E-state index contributed by atoms with van der Waals surface area (Å²) in [5, 5.41) is 11.1. The zero-order valence-electron chi connectivity index (χ0n) is 10.8. The lowest BCUT2D eigenvalue weighted by molar-refractivity contribution is 0.0691. The average Bonchev–Trinajstić information content (AvgIpc) is 2.78. The second kappa shape index (κ2) is 5.44. The Hall–Kier alpha value is -2.18. The van der Waals surface area contributed by atoms with Gasteiger partial charge in [-0.15, -0.1) is 0 Å². The van der Waals surface area contributed by atoms with Crippen LogP contribution in [-0.4, -0.2) is 34.6 Å². The highest BCUT2D eigenvalue weighted by Gasteiger charge is 2.26. The number of hydrogen-bond acceptors (Lipinski definition) is 2. The van der Waals surface area contributed by atoms with Gasteiger partial charge in [-0.2, -0.15) is 0 Å². The molecule has 1 unspecified atom stereocenters. The van der Waals surface area contributed by atoms with Crippen molar-refractivity contribution in [2.45, 2.75) is 25.8 Å². The van der Waals surface area contributed by atoms with E-state index in [1.165, 1.54) is 4.90 Å². The van der Waals surface area contributed by atoms with Crippen LogP contribution in [0, 0.1) is 11.6 Å². The van der Waals surface area contributed by atoms with Crippen LogP contribution in [0.3, 0.4) is 0 Å². The number of likely N-dealkylation sites (tertiary alicyclic amines) is 1. The molecule has 1 atom stereocenters. The third-order valence-electron chi connectivity index (χ3n) is 3.34. The first-order chi connectivity index (χ1) is 9.40. The molecular formula is C13H14F2N2O3. The summed E-state index contributed by atoms with van der Waals surface area (Å²) < 4.78 is 26.8. The third-order valence-corrected chi connectivity index (χ3v) is 3.34. The second-order valence-corrected chi connectivity index (χ2v) is 4.73. The van der Waals surface area contributed by atoms with E-state index in [1.807, 2.05) is 6.92 Å². The fraction of sp³-hybridized carbons (Fsp3) is 0.385. The van der Waals surface area contributed by atoms with E-state index in [-0.39, 0.29) is 11.7 Å². The predicted octanol–water partition coefficient (Wildman–Crippen LogP) is 2.68. The molecule has 1 aliphatic rings. The summed E-state index contributed by atoms with van der Waals surface area (Å²) in [6, 6.07) is 0.757. The Morgan fingerprint density at radius 1 is 1.35 bits per heavy atom. The second-order valence-electron chi connectivity index (χ2n) is 4.73. The molecule has 2 rings (SSSR count). The Bertz CT molecular complexity index is 563. The van der Waals surface area contributed by atoms with Crippen LogP contribution in [0.2, 0.25) is 0 Å². The molecule has 7 heteroatoms. The monoisotopic (exact) mass is 284 g/mol. The number of amides is 2. The molecule has 0 aromatic heterocycles. The minimum absolute atomic E-state index is 0.0393. The number of halogens is 2. The normalized spacial score (nSPS) is 18.1. The molecule has 0 radical (unpaired) electrons. The van der Waals surface area contributed by atoms with Crippen molar-refractivity contribution in [1.29, 1.82) is 0 Å². The van der Waals surface area contributed by atoms with Gasteiger partial charge in [0.1, 0.15) is 11.6 Å². The SMILES string of the molecule is CC1CCCN1C(=O)Nc1cc(C(=O)O)c(F)cc1F. The lowest BCUT2D eigenvalue weighted by Crippen LogP contribution is -2.37. The molecule has 1 saturated heterocycles. The summed E-state index contributed by atoms with van der Waals surface area (Å²) in [6.45, 7) is 2.43. The third kappa shape index (κ3) is 2.71. The fourth-order valence-electron chi connectivity index (χ4n) is 2.23. The van der Waals surface area contributed by atoms with Crippen molar-refractivity contribution in [3.05, 3.63) is 29.3 Å². The molecule has 1 aliphatic heterocycles. The van der Waals surface area contributed by atoms with E-state index in [0.29, 0.717) is 12.6 Å². The predicted molar refractivity (Wildman–Crippen MR) is 67.7 cm³/mol. The molecule has 108 valence electrons. The number of anilines is 1. The number of aromatic carboxylic acids is 1. The highest BCUT2D eigenvalue weighted by molar-refractivity contribution is 5.93. The number of nitrogens with one attached hydrogen (secondary N) is 1. The van der Waals surface area contributed by atoms with Crippen LogP contribution in [-0.2, 0) is 0 Å². The van der Waals surface area contributed by atoms with Gasteiger partial charge in [-0.3, -0.25) is 0 Å². The van der Waals surface area contributed by atoms with Crippen molar-refractivity contribution in [1.82, 2.24) is 4.90 Å². The molecular weight excluding hydrogens is 270 g/mol. The van der Waals surface area contributed by atoms with E-state index in [4.69, 9.17) is 5.11 Å². The molecule has 1 aromatic carbocycles. The van der Waals surface area contributed by atoms with Gasteiger partial charge in [-0.1, -0.05) is 0 Å². The average molecular weight is 284 g/mol. The molecule has 1 heterocycles. The number of hydrogen-bond donors (Lipinski definition) is 2. The summed E-state index contributed by atoms with van der Waals surface area (Å²) in [5.41, 5.74) is -1.02. The Morgan fingerprint density at radius 3 is 2.60 bits per heavy atom. The Labute approximate surface area is 114 Å². The number of nitrogens with zero attached hydrogens (tertiary/aromatic N) is 1. The summed E-state index contributed by atoms with van der Waals surface area (Å²) in [6.07, 6.45) is 1.72. The van der Waals surface area contributed by atoms with Gasteiger partial charge in [0.15, 0.2) is 0 Å². The van der Waals surface area contributed by atoms with Crippen molar-refractivity contribution in [2.24, 2.45) is 0 Å². The van der Waals surface area contributed by atoms with Gasteiger partial charge in [0.25, 0.3) is 0 Å². The molecule has 0 aliphatic carbocycles. The van der Waals surface area contributed by atoms with Crippen LogP contribution >= 0.6 is 0 Å². The number of carboxylic acid groups (broad SMARTS) is 1. The van der Waals surface area contributed by atoms with E-state index >= 15 is 0 Å². The van der Waals surface area contributed by atoms with Crippen LogP contribution in [0.5, 0.6) is 0 Å². The summed E-state index contributed by atoms with van der Waals surface area (Å²) in [5.74, 6) is -3.71. The quantitative estimate of drug-likeness (QED) is 0.877. The van der Waals surface area contributed by atoms with Crippen LogP contribution in [0.15, 0.2) is 12.1 Å². The lowest BCUT2D eigenvalue weighted by Gasteiger charge is -2.22. The van der Waals surface area contributed by atoms with Gasteiger partial charge in [-0.25, -0.2) is 18.4 Å². The minimum atomic E-state index is -1.52. The summed E-state index contributed by atoms with van der Waals surface area (Å²) in [7, 11) is 0. The molecule has 0 saturated carbocycles. The smallest absolute Gasteiger partial charge is 0.338 e. The number of carboxylic acids is 1. The highest BCUT2D eigenvalue weighted by atomic mass is 19.1. The van der Waals surface area contributed by atoms with Gasteiger partial charge in [-0.05, 0) is 25.8 Å². The highest BCUT2D eigenvalue weighted by Crippen LogP contribution is 2.22.